The Labute approximate surface area is 160 Å². The Hall–Kier alpha value is -2.54. The van der Waals surface area contributed by atoms with Gasteiger partial charge < -0.3 is 9.42 Å². The van der Waals surface area contributed by atoms with Gasteiger partial charge in [0.2, 0.25) is 0 Å². The van der Waals surface area contributed by atoms with Crippen LogP contribution in [0.15, 0.2) is 34.9 Å². The second-order valence-electron chi connectivity index (χ2n) is 6.85. The molecule has 27 heavy (non-hydrogen) atoms. The van der Waals surface area contributed by atoms with Gasteiger partial charge in [-0.25, -0.2) is 9.37 Å². The number of halogens is 1. The van der Waals surface area contributed by atoms with E-state index in [0.717, 1.165) is 40.6 Å². The van der Waals surface area contributed by atoms with Crippen LogP contribution in [0, 0.1) is 19.7 Å². The molecule has 0 saturated carbocycles. The van der Waals surface area contributed by atoms with Crippen molar-refractivity contribution < 1.29 is 13.7 Å². The third kappa shape index (κ3) is 3.64. The topological polar surface area (TPSA) is 59.2 Å². The number of amides is 1. The number of carbonyl (C=O) groups excluding carboxylic acids is 1. The van der Waals surface area contributed by atoms with E-state index < -0.39 is 0 Å². The summed E-state index contributed by atoms with van der Waals surface area (Å²) in [5, 5.41) is 4.81. The van der Waals surface area contributed by atoms with E-state index in [2.05, 4.69) is 10.1 Å². The van der Waals surface area contributed by atoms with Crippen LogP contribution in [0.3, 0.4) is 0 Å². The standard InChI is InChI=1S/C20H20FN3O2S/c1-12-10-17(26-23-12)16-4-3-9-24(16)20(25)19-13(2)22-18(27-19)11-14-5-7-15(21)8-6-14/h5-8,10,16H,3-4,9,11H2,1-2H3/t16-/m0/s1. The molecule has 1 fully saturated rings. The average molecular weight is 385 g/mol. The maximum atomic E-state index is 13.2. The minimum atomic E-state index is -0.257. The Morgan fingerprint density at radius 2 is 2.11 bits per heavy atom. The van der Waals surface area contributed by atoms with Crippen molar-refractivity contribution in [3.05, 3.63) is 68.7 Å². The molecule has 7 heteroatoms. The van der Waals surface area contributed by atoms with E-state index in [-0.39, 0.29) is 17.8 Å². The van der Waals surface area contributed by atoms with Crippen LogP contribution < -0.4 is 0 Å². The third-order valence-electron chi connectivity index (χ3n) is 4.79. The van der Waals surface area contributed by atoms with E-state index in [4.69, 9.17) is 4.52 Å². The summed E-state index contributed by atoms with van der Waals surface area (Å²) in [5.74, 6) is 0.478. The Balaban J connectivity index is 1.55. The molecule has 0 unspecified atom stereocenters. The van der Waals surface area contributed by atoms with Crippen molar-refractivity contribution in [1.29, 1.82) is 0 Å². The highest BCUT2D eigenvalue weighted by Crippen LogP contribution is 2.35. The van der Waals surface area contributed by atoms with E-state index >= 15 is 0 Å². The number of aromatic nitrogens is 2. The zero-order chi connectivity index (χ0) is 19.0. The van der Waals surface area contributed by atoms with Crippen LogP contribution in [0.2, 0.25) is 0 Å². The molecule has 1 aliphatic rings. The number of carbonyl (C=O) groups is 1. The van der Waals surface area contributed by atoms with E-state index in [9.17, 15) is 9.18 Å². The van der Waals surface area contributed by atoms with Crippen LogP contribution in [-0.2, 0) is 6.42 Å². The predicted octanol–water partition coefficient (Wildman–Crippen LogP) is 4.46. The molecule has 3 heterocycles. The first kappa shape index (κ1) is 17.9. The van der Waals surface area contributed by atoms with E-state index in [1.165, 1.54) is 23.5 Å². The Kier molecular flexibility index (Phi) is 4.78. The zero-order valence-corrected chi connectivity index (χ0v) is 16.1. The number of aryl methyl sites for hydroxylation is 2. The minimum Gasteiger partial charge on any atom is -0.359 e. The number of hydrogen-bond donors (Lipinski definition) is 0. The third-order valence-corrected chi connectivity index (χ3v) is 5.94. The molecule has 1 saturated heterocycles. The minimum absolute atomic E-state index is 0.00749. The lowest BCUT2D eigenvalue weighted by Gasteiger charge is -2.22. The molecule has 1 atom stereocenters. The first-order chi connectivity index (χ1) is 13.0. The molecule has 3 aromatic rings. The summed E-state index contributed by atoms with van der Waals surface area (Å²) in [5.41, 5.74) is 2.53. The molecule has 140 valence electrons. The van der Waals surface area contributed by atoms with Crippen molar-refractivity contribution in [2.24, 2.45) is 0 Å². The van der Waals surface area contributed by atoms with Crippen LogP contribution in [0.25, 0.3) is 0 Å². The van der Waals surface area contributed by atoms with Gasteiger partial charge in [0.05, 0.1) is 22.4 Å². The maximum absolute atomic E-state index is 13.2. The highest BCUT2D eigenvalue weighted by molar-refractivity contribution is 7.13. The van der Waals surface area contributed by atoms with Crippen LogP contribution in [0.1, 0.15) is 56.3 Å². The van der Waals surface area contributed by atoms with Gasteiger partial charge in [-0.15, -0.1) is 11.3 Å². The summed E-state index contributed by atoms with van der Waals surface area (Å²) in [6.45, 7) is 4.44. The maximum Gasteiger partial charge on any atom is 0.266 e. The fourth-order valence-corrected chi connectivity index (χ4v) is 4.53. The first-order valence-electron chi connectivity index (χ1n) is 8.96. The van der Waals surface area contributed by atoms with Crippen molar-refractivity contribution in [1.82, 2.24) is 15.0 Å². The van der Waals surface area contributed by atoms with E-state index in [1.807, 2.05) is 24.8 Å². The van der Waals surface area contributed by atoms with Crippen LogP contribution in [0.4, 0.5) is 4.39 Å². The molecule has 4 rings (SSSR count). The fourth-order valence-electron chi connectivity index (χ4n) is 3.48. The molecule has 0 N–H and O–H groups in total. The summed E-state index contributed by atoms with van der Waals surface area (Å²) >= 11 is 1.41. The van der Waals surface area contributed by atoms with Gasteiger partial charge in [0.15, 0.2) is 5.76 Å². The zero-order valence-electron chi connectivity index (χ0n) is 15.2. The van der Waals surface area contributed by atoms with Crippen molar-refractivity contribution in [2.45, 2.75) is 39.2 Å². The molecule has 1 aromatic carbocycles. The molecule has 1 aliphatic heterocycles. The molecular weight excluding hydrogens is 365 g/mol. The number of rotatable bonds is 4. The second kappa shape index (κ2) is 7.23. The lowest BCUT2D eigenvalue weighted by atomic mass is 10.1. The summed E-state index contributed by atoms with van der Waals surface area (Å²) in [6.07, 6.45) is 2.40. The molecule has 0 radical (unpaired) electrons. The van der Waals surface area contributed by atoms with Crippen molar-refractivity contribution in [3.8, 4) is 0 Å². The van der Waals surface area contributed by atoms with Crippen LogP contribution in [-0.4, -0.2) is 27.5 Å². The Morgan fingerprint density at radius 1 is 1.33 bits per heavy atom. The second-order valence-corrected chi connectivity index (χ2v) is 7.94. The molecule has 0 aliphatic carbocycles. The summed E-state index contributed by atoms with van der Waals surface area (Å²) in [6, 6.07) is 8.20. The smallest absolute Gasteiger partial charge is 0.266 e. The number of hydrogen-bond acceptors (Lipinski definition) is 5. The van der Waals surface area contributed by atoms with E-state index in [0.29, 0.717) is 17.8 Å². The summed E-state index contributed by atoms with van der Waals surface area (Å²) in [4.78, 5) is 20.2. The summed E-state index contributed by atoms with van der Waals surface area (Å²) in [7, 11) is 0. The Morgan fingerprint density at radius 3 is 2.81 bits per heavy atom. The normalized spacial score (nSPS) is 16.9. The van der Waals surface area contributed by atoms with Crippen molar-refractivity contribution in [2.75, 3.05) is 6.54 Å². The van der Waals surface area contributed by atoms with Gasteiger partial charge >= 0.3 is 0 Å². The summed E-state index contributed by atoms with van der Waals surface area (Å²) < 4.78 is 18.5. The molecular formula is C20H20FN3O2S. The molecule has 0 bridgehead atoms. The van der Waals surface area contributed by atoms with Gasteiger partial charge in [0, 0.05) is 19.0 Å². The molecule has 5 nitrogen and oxygen atoms in total. The van der Waals surface area contributed by atoms with Gasteiger partial charge in [-0.2, -0.15) is 0 Å². The SMILES string of the molecule is Cc1cc([C@@H]2CCCN2C(=O)c2sc(Cc3ccc(F)cc3)nc2C)on1. The molecule has 0 spiro atoms. The highest BCUT2D eigenvalue weighted by Gasteiger charge is 2.34. The van der Waals surface area contributed by atoms with Gasteiger partial charge in [-0.05, 0) is 44.4 Å². The predicted molar refractivity (Wildman–Crippen MR) is 100 cm³/mol. The van der Waals surface area contributed by atoms with Gasteiger partial charge in [-0.1, -0.05) is 17.3 Å². The number of thiazole rings is 1. The highest BCUT2D eigenvalue weighted by atomic mass is 32.1. The van der Waals surface area contributed by atoms with E-state index in [1.54, 1.807) is 12.1 Å². The van der Waals surface area contributed by atoms with Crippen molar-refractivity contribution in [3.63, 3.8) is 0 Å². The number of nitrogens with zero attached hydrogens (tertiary/aromatic N) is 3. The van der Waals surface area contributed by atoms with Crippen LogP contribution in [0.5, 0.6) is 0 Å². The van der Waals surface area contributed by atoms with Crippen LogP contribution >= 0.6 is 11.3 Å². The van der Waals surface area contributed by atoms with Gasteiger partial charge in [0.25, 0.3) is 5.91 Å². The molecule has 1 amide bonds. The van der Waals surface area contributed by atoms with Gasteiger partial charge in [-0.3, -0.25) is 4.79 Å². The first-order valence-corrected chi connectivity index (χ1v) is 9.78. The lowest BCUT2D eigenvalue weighted by molar-refractivity contribution is 0.0718. The Bertz CT molecular complexity index is 964. The quantitative estimate of drug-likeness (QED) is 0.665. The van der Waals surface area contributed by atoms with Gasteiger partial charge in [0.1, 0.15) is 10.7 Å². The largest absolute Gasteiger partial charge is 0.359 e. The van der Waals surface area contributed by atoms with Crippen molar-refractivity contribution >= 4 is 17.2 Å². The average Bonchev–Trinajstić information content (AvgIpc) is 3.36. The number of benzene rings is 1. The molecule has 2 aromatic heterocycles. The lowest BCUT2D eigenvalue weighted by Crippen LogP contribution is -2.30. The number of likely N-dealkylation sites (tertiary alicyclic amines) is 1. The fraction of sp³-hybridized carbons (Fsp3) is 0.350. The monoisotopic (exact) mass is 385 g/mol.